The Hall–Kier alpha value is -3.71. The summed E-state index contributed by atoms with van der Waals surface area (Å²) in [7, 11) is 0. The second-order valence-electron chi connectivity index (χ2n) is 9.16. The molecule has 0 aliphatic rings. The van der Waals surface area contributed by atoms with Crippen LogP contribution in [-0.2, 0) is 6.54 Å². The molecule has 0 bridgehead atoms. The summed E-state index contributed by atoms with van der Waals surface area (Å²) in [6, 6.07) is 20.4. The third-order valence-electron chi connectivity index (χ3n) is 5.81. The molecule has 0 radical (unpaired) electrons. The fraction of sp³-hybridized carbons (Fsp3) is 0.241. The van der Waals surface area contributed by atoms with E-state index in [1.165, 1.54) is 11.8 Å². The van der Waals surface area contributed by atoms with Gasteiger partial charge in [-0.15, -0.1) is 0 Å². The van der Waals surface area contributed by atoms with Gasteiger partial charge in [0.2, 0.25) is 0 Å². The minimum Gasteiger partial charge on any atom is -0.350 e. The van der Waals surface area contributed by atoms with Crippen LogP contribution >= 0.6 is 11.8 Å². The summed E-state index contributed by atoms with van der Waals surface area (Å²) in [6.45, 7) is 7.99. The minimum absolute atomic E-state index is 0.0118. The van der Waals surface area contributed by atoms with E-state index in [1.54, 1.807) is 22.8 Å². The lowest BCUT2D eigenvalue weighted by atomic mass is 10.0. The summed E-state index contributed by atoms with van der Waals surface area (Å²) in [5.74, 6) is -0.0989. The third-order valence-corrected chi connectivity index (χ3v) is 6.79. The molecule has 4 rings (SSSR count). The fourth-order valence-corrected chi connectivity index (χ4v) is 4.83. The lowest BCUT2D eigenvalue weighted by molar-refractivity contribution is 0.0942. The van der Waals surface area contributed by atoms with Gasteiger partial charge < -0.3 is 5.32 Å². The van der Waals surface area contributed by atoms with Crippen LogP contribution in [0.3, 0.4) is 0 Å². The minimum atomic E-state index is -0.221. The zero-order chi connectivity index (χ0) is 25.8. The summed E-state index contributed by atoms with van der Waals surface area (Å²) < 4.78 is 1.60. The maximum atomic E-state index is 13.6. The van der Waals surface area contributed by atoms with E-state index in [9.17, 15) is 14.4 Å². The molecule has 4 aromatic rings. The SMILES string of the molecule is Cc1ccc(C)c(C(=O)CSc2nc3cc(C(=O)NC(C)C)ccc3c(=O)n2Cc2ccccc2)c1. The summed E-state index contributed by atoms with van der Waals surface area (Å²) in [4.78, 5) is 43.9. The quantitative estimate of drug-likeness (QED) is 0.205. The van der Waals surface area contributed by atoms with Crippen molar-refractivity contribution in [3.63, 3.8) is 0 Å². The Balaban J connectivity index is 1.74. The number of fused-ring (bicyclic) bond motifs is 1. The molecule has 0 fully saturated rings. The first-order valence-electron chi connectivity index (χ1n) is 11.9. The Morgan fingerprint density at radius 3 is 2.47 bits per heavy atom. The van der Waals surface area contributed by atoms with Crippen LogP contribution in [0, 0.1) is 13.8 Å². The van der Waals surface area contributed by atoms with Crippen LogP contribution in [-0.4, -0.2) is 33.0 Å². The Morgan fingerprint density at radius 2 is 1.75 bits per heavy atom. The largest absolute Gasteiger partial charge is 0.350 e. The van der Waals surface area contributed by atoms with Gasteiger partial charge in [-0.3, -0.25) is 19.0 Å². The van der Waals surface area contributed by atoms with Gasteiger partial charge in [0.15, 0.2) is 10.9 Å². The molecule has 1 aromatic heterocycles. The van der Waals surface area contributed by atoms with E-state index in [4.69, 9.17) is 4.98 Å². The zero-order valence-electron chi connectivity index (χ0n) is 20.9. The van der Waals surface area contributed by atoms with Crippen LogP contribution in [0.5, 0.6) is 0 Å². The van der Waals surface area contributed by atoms with Gasteiger partial charge in [0.1, 0.15) is 0 Å². The van der Waals surface area contributed by atoms with E-state index >= 15 is 0 Å². The molecule has 0 aliphatic carbocycles. The Kier molecular flexibility index (Phi) is 7.70. The average molecular weight is 500 g/mol. The van der Waals surface area contributed by atoms with Crippen LogP contribution in [0.4, 0.5) is 0 Å². The normalized spacial score (nSPS) is 11.1. The maximum Gasteiger partial charge on any atom is 0.262 e. The number of carbonyl (C=O) groups is 2. The Labute approximate surface area is 214 Å². The van der Waals surface area contributed by atoms with E-state index in [0.29, 0.717) is 33.7 Å². The molecule has 0 atom stereocenters. The number of hydrogen-bond acceptors (Lipinski definition) is 5. The molecule has 36 heavy (non-hydrogen) atoms. The van der Waals surface area contributed by atoms with Gasteiger partial charge in [-0.05, 0) is 63.1 Å². The third kappa shape index (κ3) is 5.74. The fourth-order valence-electron chi connectivity index (χ4n) is 3.95. The first-order valence-corrected chi connectivity index (χ1v) is 12.8. The summed E-state index contributed by atoms with van der Waals surface area (Å²) in [5.41, 5.74) is 4.23. The first-order chi connectivity index (χ1) is 17.2. The molecule has 1 heterocycles. The second kappa shape index (κ2) is 10.9. The number of aromatic nitrogens is 2. The summed E-state index contributed by atoms with van der Waals surface area (Å²) >= 11 is 1.24. The number of carbonyl (C=O) groups excluding carboxylic acids is 2. The molecule has 6 nitrogen and oxygen atoms in total. The van der Waals surface area contributed by atoms with Crippen molar-refractivity contribution in [1.29, 1.82) is 0 Å². The van der Waals surface area contributed by atoms with Crippen LogP contribution in [0.2, 0.25) is 0 Å². The van der Waals surface area contributed by atoms with Gasteiger partial charge in [-0.2, -0.15) is 0 Å². The summed E-state index contributed by atoms with van der Waals surface area (Å²) in [6.07, 6.45) is 0. The van der Waals surface area contributed by atoms with E-state index in [-0.39, 0.29) is 29.0 Å². The Morgan fingerprint density at radius 1 is 1.00 bits per heavy atom. The molecule has 0 saturated carbocycles. The number of nitrogens with one attached hydrogen (secondary N) is 1. The van der Waals surface area contributed by atoms with Crippen molar-refractivity contribution in [2.75, 3.05) is 5.75 Å². The molecule has 0 saturated heterocycles. The smallest absolute Gasteiger partial charge is 0.262 e. The summed E-state index contributed by atoms with van der Waals surface area (Å²) in [5, 5.41) is 3.73. The lowest BCUT2D eigenvalue weighted by Crippen LogP contribution is -2.30. The van der Waals surface area contributed by atoms with Crippen molar-refractivity contribution < 1.29 is 9.59 Å². The molecular weight excluding hydrogens is 470 g/mol. The molecule has 1 N–H and O–H groups in total. The van der Waals surface area contributed by atoms with Crippen LogP contribution < -0.4 is 10.9 Å². The molecule has 184 valence electrons. The highest BCUT2D eigenvalue weighted by Crippen LogP contribution is 2.22. The van der Waals surface area contributed by atoms with Gasteiger partial charge >= 0.3 is 0 Å². The number of hydrogen-bond donors (Lipinski definition) is 1. The van der Waals surface area contributed by atoms with E-state index in [2.05, 4.69) is 5.32 Å². The van der Waals surface area contributed by atoms with Gasteiger partial charge in [0.05, 0.1) is 23.2 Å². The van der Waals surface area contributed by atoms with E-state index in [1.807, 2.05) is 76.2 Å². The molecular formula is C29H29N3O3S. The molecule has 0 aliphatic heterocycles. The molecule has 7 heteroatoms. The van der Waals surface area contributed by atoms with E-state index in [0.717, 1.165) is 16.7 Å². The number of benzene rings is 3. The predicted molar refractivity (Wildman–Crippen MR) is 145 cm³/mol. The molecule has 0 unspecified atom stereocenters. The number of amides is 1. The monoisotopic (exact) mass is 499 g/mol. The molecule has 3 aromatic carbocycles. The topological polar surface area (TPSA) is 81.1 Å². The number of nitrogens with zero attached hydrogens (tertiary/aromatic N) is 2. The van der Waals surface area contributed by atoms with Crippen molar-refractivity contribution in [2.45, 2.75) is 45.4 Å². The van der Waals surface area contributed by atoms with Crippen molar-refractivity contribution >= 4 is 34.4 Å². The number of thioether (sulfide) groups is 1. The van der Waals surface area contributed by atoms with Gasteiger partial charge in [0.25, 0.3) is 11.5 Å². The van der Waals surface area contributed by atoms with E-state index < -0.39 is 0 Å². The van der Waals surface area contributed by atoms with Crippen molar-refractivity contribution in [3.05, 3.63) is 105 Å². The maximum absolute atomic E-state index is 13.6. The van der Waals surface area contributed by atoms with Gasteiger partial charge in [-0.1, -0.05) is 59.8 Å². The predicted octanol–water partition coefficient (Wildman–Crippen LogP) is 5.17. The molecule has 0 spiro atoms. The average Bonchev–Trinajstić information content (AvgIpc) is 2.85. The highest BCUT2D eigenvalue weighted by molar-refractivity contribution is 7.99. The van der Waals surface area contributed by atoms with Gasteiger partial charge in [-0.25, -0.2) is 4.98 Å². The standard InChI is InChI=1S/C29H29N3O3S/c1-18(2)30-27(34)22-12-13-23-25(15-22)31-29(32(28(23)35)16-21-8-6-5-7-9-21)36-17-26(33)24-14-19(3)10-11-20(24)4/h5-15,18H,16-17H2,1-4H3,(H,30,34). The first kappa shape index (κ1) is 25.4. The highest BCUT2D eigenvalue weighted by atomic mass is 32.2. The lowest BCUT2D eigenvalue weighted by Gasteiger charge is -2.14. The number of rotatable bonds is 8. The van der Waals surface area contributed by atoms with Crippen LogP contribution in [0.15, 0.2) is 76.7 Å². The second-order valence-corrected chi connectivity index (χ2v) is 10.1. The van der Waals surface area contributed by atoms with Crippen LogP contribution in [0.25, 0.3) is 10.9 Å². The number of aryl methyl sites for hydroxylation is 2. The van der Waals surface area contributed by atoms with Crippen molar-refractivity contribution in [1.82, 2.24) is 14.9 Å². The van der Waals surface area contributed by atoms with Gasteiger partial charge in [0, 0.05) is 17.2 Å². The Bertz CT molecular complexity index is 1490. The highest BCUT2D eigenvalue weighted by Gasteiger charge is 2.17. The van der Waals surface area contributed by atoms with Crippen molar-refractivity contribution in [2.24, 2.45) is 0 Å². The number of Topliss-reactive ketones (excluding diaryl/α,β-unsaturated/α-hetero) is 1. The molecule has 1 amide bonds. The van der Waals surface area contributed by atoms with Crippen LogP contribution in [0.1, 0.15) is 51.3 Å². The van der Waals surface area contributed by atoms with Crippen molar-refractivity contribution in [3.8, 4) is 0 Å². The number of ketones is 1. The zero-order valence-corrected chi connectivity index (χ0v) is 21.7.